The molecule has 1 heterocycles. The molecule has 25 heavy (non-hydrogen) atoms. The average molecular weight is 367 g/mol. The Hall–Kier alpha value is -2.29. The Morgan fingerprint density at radius 3 is 2.64 bits per heavy atom. The molecule has 1 aromatic heterocycles. The van der Waals surface area contributed by atoms with Crippen molar-refractivity contribution in [1.82, 2.24) is 15.5 Å². The molecule has 0 aliphatic heterocycles. The molecular formula is C16H18FN3O4S. The molecule has 1 aliphatic carbocycles. The maximum atomic E-state index is 12.9. The fourth-order valence-corrected chi connectivity index (χ4v) is 3.41. The van der Waals surface area contributed by atoms with E-state index in [1.54, 1.807) is 0 Å². The Labute approximate surface area is 144 Å². The van der Waals surface area contributed by atoms with Crippen molar-refractivity contribution >= 4 is 15.7 Å². The van der Waals surface area contributed by atoms with E-state index in [4.69, 9.17) is 4.42 Å². The first-order chi connectivity index (χ1) is 11.9. The molecule has 0 radical (unpaired) electrons. The fourth-order valence-electron chi connectivity index (χ4n) is 2.27. The second-order valence-corrected chi connectivity index (χ2v) is 7.88. The molecule has 0 atom stereocenters. The van der Waals surface area contributed by atoms with Gasteiger partial charge in [-0.25, -0.2) is 12.8 Å². The van der Waals surface area contributed by atoms with Crippen LogP contribution in [0.5, 0.6) is 0 Å². The number of nitrogens with zero attached hydrogens (tertiary/aromatic N) is 2. The fraction of sp³-hybridized carbons (Fsp3) is 0.438. The molecule has 1 aromatic carbocycles. The van der Waals surface area contributed by atoms with Gasteiger partial charge in [-0.1, -0.05) is 17.2 Å². The van der Waals surface area contributed by atoms with Gasteiger partial charge in [0.25, 0.3) is 0 Å². The molecule has 1 fully saturated rings. The van der Waals surface area contributed by atoms with Gasteiger partial charge in [-0.2, -0.15) is 0 Å². The third-order valence-electron chi connectivity index (χ3n) is 3.80. The van der Waals surface area contributed by atoms with Crippen LogP contribution in [0.1, 0.15) is 30.7 Å². The number of rotatable bonds is 8. The number of hydrogen-bond donors (Lipinski definition) is 1. The predicted octanol–water partition coefficient (Wildman–Crippen LogP) is 1.64. The van der Waals surface area contributed by atoms with Gasteiger partial charge < -0.3 is 9.73 Å². The summed E-state index contributed by atoms with van der Waals surface area (Å²) in [5, 5.41) is 9.68. The lowest BCUT2D eigenvalue weighted by molar-refractivity contribution is -0.122. The zero-order chi connectivity index (χ0) is 17.9. The van der Waals surface area contributed by atoms with Gasteiger partial charge in [-0.15, -0.1) is 5.10 Å². The number of aromatic nitrogens is 2. The molecule has 0 bridgehead atoms. The van der Waals surface area contributed by atoms with Gasteiger partial charge in [0.05, 0.1) is 5.75 Å². The van der Waals surface area contributed by atoms with Gasteiger partial charge in [-0.05, 0) is 37.0 Å². The minimum absolute atomic E-state index is 0.0630. The van der Waals surface area contributed by atoms with Gasteiger partial charge in [0.1, 0.15) is 5.82 Å². The van der Waals surface area contributed by atoms with E-state index >= 15 is 0 Å². The molecule has 2 aromatic rings. The average Bonchev–Trinajstić information content (AvgIpc) is 3.31. The highest BCUT2D eigenvalue weighted by Crippen LogP contribution is 2.28. The molecule has 7 nitrogen and oxygen atoms in total. The predicted molar refractivity (Wildman–Crippen MR) is 85.6 cm³/mol. The Balaban J connectivity index is 1.52. The van der Waals surface area contributed by atoms with Crippen molar-refractivity contribution in [3.05, 3.63) is 41.5 Å². The van der Waals surface area contributed by atoms with E-state index in [1.165, 1.54) is 24.3 Å². The SMILES string of the molecule is O=C(NCCCc1nnc(S(=O)(=O)Cc2ccc(F)cc2)o1)C1CC1. The third-order valence-corrected chi connectivity index (χ3v) is 5.21. The Morgan fingerprint density at radius 1 is 1.24 bits per heavy atom. The van der Waals surface area contributed by atoms with E-state index in [0.717, 1.165) is 12.8 Å². The number of carbonyl (C=O) groups is 1. The van der Waals surface area contributed by atoms with Crippen molar-refractivity contribution in [2.45, 2.75) is 36.7 Å². The first-order valence-corrected chi connectivity index (χ1v) is 9.66. The van der Waals surface area contributed by atoms with Crippen molar-refractivity contribution in [1.29, 1.82) is 0 Å². The smallest absolute Gasteiger partial charge is 0.335 e. The van der Waals surface area contributed by atoms with Crippen molar-refractivity contribution < 1.29 is 22.0 Å². The number of hydrogen-bond acceptors (Lipinski definition) is 6. The molecule has 0 saturated heterocycles. The van der Waals surface area contributed by atoms with E-state index in [1.807, 2.05) is 0 Å². The number of carbonyl (C=O) groups excluding carboxylic acids is 1. The van der Waals surface area contributed by atoms with Gasteiger partial charge in [0.15, 0.2) is 0 Å². The third kappa shape index (κ3) is 4.85. The van der Waals surface area contributed by atoms with E-state index < -0.39 is 20.9 Å². The second-order valence-electron chi connectivity index (χ2n) is 6.02. The highest BCUT2D eigenvalue weighted by molar-refractivity contribution is 7.90. The maximum absolute atomic E-state index is 12.9. The van der Waals surface area contributed by atoms with Crippen molar-refractivity contribution in [2.75, 3.05) is 6.54 Å². The van der Waals surface area contributed by atoms with Gasteiger partial charge in [-0.3, -0.25) is 4.79 Å². The molecule has 1 N–H and O–H groups in total. The minimum Gasteiger partial charge on any atom is -0.413 e. The van der Waals surface area contributed by atoms with Crippen LogP contribution in [0.25, 0.3) is 0 Å². The molecule has 9 heteroatoms. The van der Waals surface area contributed by atoms with Crippen LogP contribution < -0.4 is 5.32 Å². The zero-order valence-corrected chi connectivity index (χ0v) is 14.3. The van der Waals surface area contributed by atoms with Crippen LogP contribution in [0.2, 0.25) is 0 Å². The van der Waals surface area contributed by atoms with Crippen LogP contribution in [0.15, 0.2) is 33.9 Å². The molecule has 0 spiro atoms. The normalized spacial score (nSPS) is 14.4. The van der Waals surface area contributed by atoms with Crippen molar-refractivity contribution in [3.63, 3.8) is 0 Å². The van der Waals surface area contributed by atoms with E-state index in [9.17, 15) is 17.6 Å². The lowest BCUT2D eigenvalue weighted by Crippen LogP contribution is -2.26. The Bertz CT molecular complexity index is 845. The summed E-state index contributed by atoms with van der Waals surface area (Å²) in [4.78, 5) is 11.5. The molecule has 1 aliphatic rings. The summed E-state index contributed by atoms with van der Waals surface area (Å²) in [6, 6.07) is 5.18. The maximum Gasteiger partial charge on any atom is 0.335 e. The van der Waals surface area contributed by atoms with Crippen LogP contribution in [0, 0.1) is 11.7 Å². The lowest BCUT2D eigenvalue weighted by Gasteiger charge is -2.02. The number of amides is 1. The van der Waals surface area contributed by atoms with E-state index in [0.29, 0.717) is 24.9 Å². The summed E-state index contributed by atoms with van der Waals surface area (Å²) in [6.45, 7) is 0.482. The number of halogens is 1. The molecule has 3 rings (SSSR count). The standard InChI is InChI=1S/C16H18FN3O4S/c17-13-7-3-11(4-8-13)10-25(22,23)16-20-19-14(24-16)2-1-9-18-15(21)12-5-6-12/h3-4,7-8,12H,1-2,5-6,9-10H2,(H,18,21). The number of nitrogens with one attached hydrogen (secondary N) is 1. The summed E-state index contributed by atoms with van der Waals surface area (Å²) in [5.41, 5.74) is 0.434. The van der Waals surface area contributed by atoms with Crippen LogP contribution in [-0.4, -0.2) is 31.1 Å². The highest BCUT2D eigenvalue weighted by atomic mass is 32.2. The van der Waals surface area contributed by atoms with Gasteiger partial charge in [0.2, 0.25) is 21.6 Å². The van der Waals surface area contributed by atoms with Crippen LogP contribution in [0.4, 0.5) is 4.39 Å². The Kier molecular flexibility index (Phi) is 5.12. The van der Waals surface area contributed by atoms with Crippen LogP contribution in [-0.2, 0) is 26.8 Å². The van der Waals surface area contributed by atoms with Crippen molar-refractivity contribution in [3.8, 4) is 0 Å². The second kappa shape index (κ2) is 7.30. The monoisotopic (exact) mass is 367 g/mol. The van der Waals surface area contributed by atoms with Crippen LogP contribution in [0.3, 0.4) is 0 Å². The quantitative estimate of drug-likeness (QED) is 0.712. The Morgan fingerprint density at radius 2 is 1.96 bits per heavy atom. The van der Waals surface area contributed by atoms with Crippen molar-refractivity contribution in [2.24, 2.45) is 5.92 Å². The summed E-state index contributed by atoms with van der Waals surface area (Å²) in [5.74, 6) is -0.347. The summed E-state index contributed by atoms with van der Waals surface area (Å²) < 4.78 is 42.6. The zero-order valence-electron chi connectivity index (χ0n) is 13.4. The molecule has 1 saturated carbocycles. The largest absolute Gasteiger partial charge is 0.413 e. The number of benzene rings is 1. The number of aryl methyl sites for hydroxylation is 1. The topological polar surface area (TPSA) is 102 Å². The summed E-state index contributed by atoms with van der Waals surface area (Å²) >= 11 is 0. The number of sulfone groups is 1. The van der Waals surface area contributed by atoms with Gasteiger partial charge in [0, 0.05) is 18.9 Å². The molecular weight excluding hydrogens is 349 g/mol. The summed E-state index contributed by atoms with van der Waals surface area (Å²) in [6.07, 6.45) is 2.86. The lowest BCUT2D eigenvalue weighted by atomic mass is 10.2. The van der Waals surface area contributed by atoms with E-state index in [-0.39, 0.29) is 23.5 Å². The highest BCUT2D eigenvalue weighted by Gasteiger charge is 2.29. The molecule has 0 unspecified atom stereocenters. The molecule has 134 valence electrons. The van der Waals surface area contributed by atoms with E-state index in [2.05, 4.69) is 15.5 Å². The first-order valence-electron chi connectivity index (χ1n) is 8.01. The summed E-state index contributed by atoms with van der Waals surface area (Å²) in [7, 11) is -3.78. The van der Waals surface area contributed by atoms with Gasteiger partial charge >= 0.3 is 5.22 Å². The molecule has 1 amide bonds. The van der Waals surface area contributed by atoms with Crippen LogP contribution >= 0.6 is 0 Å². The first kappa shape index (κ1) is 17.5. The minimum atomic E-state index is -3.78.